The summed E-state index contributed by atoms with van der Waals surface area (Å²) in [6, 6.07) is 7.60. The Hall–Kier alpha value is -1.17. The van der Waals surface area contributed by atoms with E-state index in [9.17, 15) is 9.18 Å². The standard InChI is InChI=1S/C13H8BrClFNOS/c14-12-5-2-9(19-12)3-6-13(18)17-11-4-1-8(16)7-10(11)15/h1-7H,(H,17,18)/b6-3+. The van der Waals surface area contributed by atoms with Gasteiger partial charge in [0.15, 0.2) is 0 Å². The minimum atomic E-state index is -0.443. The van der Waals surface area contributed by atoms with Crippen molar-refractivity contribution < 1.29 is 9.18 Å². The van der Waals surface area contributed by atoms with Crippen LogP contribution in [0.5, 0.6) is 0 Å². The third-order valence-corrected chi connectivity index (χ3v) is 4.08. The van der Waals surface area contributed by atoms with Crippen LogP contribution in [0.15, 0.2) is 40.2 Å². The van der Waals surface area contributed by atoms with E-state index < -0.39 is 5.82 Å². The van der Waals surface area contributed by atoms with Gasteiger partial charge in [-0.05, 0) is 52.3 Å². The molecule has 0 aliphatic carbocycles. The quantitative estimate of drug-likeness (QED) is 0.771. The van der Waals surface area contributed by atoms with Gasteiger partial charge in [0.05, 0.1) is 14.5 Å². The lowest BCUT2D eigenvalue weighted by atomic mass is 10.3. The molecule has 2 rings (SSSR count). The van der Waals surface area contributed by atoms with Gasteiger partial charge in [-0.15, -0.1) is 11.3 Å². The summed E-state index contributed by atoms with van der Waals surface area (Å²) in [5.74, 6) is -0.764. The van der Waals surface area contributed by atoms with Crippen LogP contribution < -0.4 is 5.32 Å². The molecule has 1 aromatic carbocycles. The van der Waals surface area contributed by atoms with E-state index in [1.54, 1.807) is 6.08 Å². The fourth-order valence-corrected chi connectivity index (χ4v) is 2.88. The van der Waals surface area contributed by atoms with Crippen LogP contribution in [0.3, 0.4) is 0 Å². The van der Waals surface area contributed by atoms with Crippen molar-refractivity contribution in [3.63, 3.8) is 0 Å². The maximum Gasteiger partial charge on any atom is 0.248 e. The fraction of sp³-hybridized carbons (Fsp3) is 0. The summed E-state index contributed by atoms with van der Waals surface area (Å²) >= 11 is 10.7. The third-order valence-electron chi connectivity index (χ3n) is 2.18. The molecule has 0 fully saturated rings. The van der Waals surface area contributed by atoms with Crippen LogP contribution in [0.1, 0.15) is 4.88 Å². The molecular weight excluding hydrogens is 353 g/mol. The Bertz CT molecular complexity index is 641. The number of hydrogen-bond acceptors (Lipinski definition) is 2. The molecule has 0 aliphatic rings. The van der Waals surface area contributed by atoms with Crippen molar-refractivity contribution in [3.05, 3.63) is 55.9 Å². The van der Waals surface area contributed by atoms with Crippen LogP contribution in [0.2, 0.25) is 5.02 Å². The molecule has 0 saturated carbocycles. The van der Waals surface area contributed by atoms with Gasteiger partial charge in [0.25, 0.3) is 0 Å². The molecule has 0 unspecified atom stereocenters. The number of carbonyl (C=O) groups excluding carboxylic acids is 1. The van der Waals surface area contributed by atoms with Gasteiger partial charge < -0.3 is 5.32 Å². The monoisotopic (exact) mass is 359 g/mol. The van der Waals surface area contributed by atoms with Crippen molar-refractivity contribution in [1.82, 2.24) is 0 Å². The SMILES string of the molecule is O=C(/C=C/c1ccc(Br)s1)Nc1ccc(F)cc1Cl. The maximum absolute atomic E-state index is 12.8. The first-order chi connectivity index (χ1) is 9.04. The van der Waals surface area contributed by atoms with E-state index >= 15 is 0 Å². The van der Waals surface area contributed by atoms with Gasteiger partial charge in [0, 0.05) is 11.0 Å². The summed E-state index contributed by atoms with van der Waals surface area (Å²) in [5.41, 5.74) is 0.380. The Morgan fingerprint density at radius 2 is 2.16 bits per heavy atom. The van der Waals surface area contributed by atoms with Crippen molar-refractivity contribution in [2.75, 3.05) is 5.32 Å². The highest BCUT2D eigenvalue weighted by atomic mass is 79.9. The number of nitrogens with one attached hydrogen (secondary N) is 1. The zero-order valence-corrected chi connectivity index (χ0v) is 12.7. The summed E-state index contributed by atoms with van der Waals surface area (Å²) in [4.78, 5) is 12.6. The van der Waals surface area contributed by atoms with Crippen molar-refractivity contribution in [2.45, 2.75) is 0 Å². The van der Waals surface area contributed by atoms with Crippen molar-refractivity contribution in [3.8, 4) is 0 Å². The van der Waals surface area contributed by atoms with E-state index in [2.05, 4.69) is 21.2 Å². The number of amides is 1. The molecule has 0 spiro atoms. The first-order valence-electron chi connectivity index (χ1n) is 5.24. The van der Waals surface area contributed by atoms with Crippen LogP contribution >= 0.6 is 38.9 Å². The van der Waals surface area contributed by atoms with E-state index in [1.807, 2.05) is 12.1 Å². The number of thiophene rings is 1. The van der Waals surface area contributed by atoms with Gasteiger partial charge in [-0.25, -0.2) is 4.39 Å². The first-order valence-corrected chi connectivity index (χ1v) is 7.23. The van der Waals surface area contributed by atoms with Crippen LogP contribution in [-0.2, 0) is 4.79 Å². The third kappa shape index (κ3) is 4.16. The number of anilines is 1. The minimum Gasteiger partial charge on any atom is -0.321 e. The van der Waals surface area contributed by atoms with Crippen molar-refractivity contribution in [2.24, 2.45) is 0 Å². The van der Waals surface area contributed by atoms with E-state index in [-0.39, 0.29) is 10.9 Å². The molecule has 1 heterocycles. The average molecular weight is 361 g/mol. The largest absolute Gasteiger partial charge is 0.321 e. The van der Waals surface area contributed by atoms with Gasteiger partial charge in [-0.1, -0.05) is 11.6 Å². The molecule has 2 nitrogen and oxygen atoms in total. The lowest BCUT2D eigenvalue weighted by Crippen LogP contribution is -2.08. The number of hydrogen-bond donors (Lipinski definition) is 1. The maximum atomic E-state index is 12.8. The molecule has 2 aromatic rings. The number of benzene rings is 1. The highest BCUT2D eigenvalue weighted by molar-refractivity contribution is 9.11. The first kappa shape index (κ1) is 14.2. The van der Waals surface area contributed by atoms with Gasteiger partial charge in [0.2, 0.25) is 5.91 Å². The van der Waals surface area contributed by atoms with Gasteiger partial charge in [-0.2, -0.15) is 0 Å². The highest BCUT2D eigenvalue weighted by Gasteiger charge is 2.04. The van der Waals surface area contributed by atoms with Crippen LogP contribution in [0.4, 0.5) is 10.1 Å². The Morgan fingerprint density at radius 3 is 2.79 bits per heavy atom. The fourth-order valence-electron chi connectivity index (χ4n) is 1.34. The van der Waals surface area contributed by atoms with Gasteiger partial charge in [-0.3, -0.25) is 4.79 Å². The predicted molar refractivity (Wildman–Crippen MR) is 81.1 cm³/mol. The Balaban J connectivity index is 2.03. The lowest BCUT2D eigenvalue weighted by Gasteiger charge is -2.04. The van der Waals surface area contributed by atoms with E-state index in [4.69, 9.17) is 11.6 Å². The molecule has 0 aliphatic heterocycles. The van der Waals surface area contributed by atoms with E-state index in [1.165, 1.54) is 29.5 Å². The van der Waals surface area contributed by atoms with Gasteiger partial charge >= 0.3 is 0 Å². The second kappa shape index (κ2) is 6.32. The average Bonchev–Trinajstić information content (AvgIpc) is 2.76. The molecule has 6 heteroatoms. The lowest BCUT2D eigenvalue weighted by molar-refractivity contribution is -0.111. The second-order valence-electron chi connectivity index (χ2n) is 3.59. The zero-order chi connectivity index (χ0) is 13.8. The van der Waals surface area contributed by atoms with E-state index in [0.717, 1.165) is 14.7 Å². The summed E-state index contributed by atoms with van der Waals surface area (Å²) < 4.78 is 13.8. The minimum absolute atomic E-state index is 0.167. The van der Waals surface area contributed by atoms with E-state index in [0.29, 0.717) is 5.69 Å². The second-order valence-corrected chi connectivity index (χ2v) is 6.49. The summed E-state index contributed by atoms with van der Waals surface area (Å²) in [6.07, 6.45) is 3.10. The van der Waals surface area contributed by atoms with Crippen molar-refractivity contribution >= 4 is 56.5 Å². The normalized spacial score (nSPS) is 10.9. The molecule has 1 aromatic heterocycles. The summed E-state index contributed by atoms with van der Waals surface area (Å²) in [7, 11) is 0. The van der Waals surface area contributed by atoms with Crippen LogP contribution in [0.25, 0.3) is 6.08 Å². The molecule has 0 atom stereocenters. The molecule has 98 valence electrons. The molecule has 1 amide bonds. The number of halogens is 3. The number of carbonyl (C=O) groups is 1. The predicted octanol–water partition coefficient (Wildman–Crippen LogP) is 4.96. The topological polar surface area (TPSA) is 29.1 Å². The Morgan fingerprint density at radius 1 is 1.37 bits per heavy atom. The van der Waals surface area contributed by atoms with Crippen LogP contribution in [0, 0.1) is 5.82 Å². The smallest absolute Gasteiger partial charge is 0.248 e. The zero-order valence-electron chi connectivity index (χ0n) is 9.49. The Labute approximate surface area is 127 Å². The molecule has 0 bridgehead atoms. The van der Waals surface area contributed by atoms with Crippen LogP contribution in [-0.4, -0.2) is 5.91 Å². The number of rotatable bonds is 3. The van der Waals surface area contributed by atoms with Gasteiger partial charge in [0.1, 0.15) is 5.82 Å². The molecular formula is C13H8BrClFNOS. The van der Waals surface area contributed by atoms with Crippen molar-refractivity contribution in [1.29, 1.82) is 0 Å². The summed E-state index contributed by atoms with van der Waals surface area (Å²) in [5, 5.41) is 2.75. The highest BCUT2D eigenvalue weighted by Crippen LogP contribution is 2.24. The molecule has 0 saturated heterocycles. The molecule has 0 radical (unpaired) electrons. The summed E-state index contributed by atoms with van der Waals surface area (Å²) in [6.45, 7) is 0. The molecule has 19 heavy (non-hydrogen) atoms. The Kier molecular flexibility index (Phi) is 4.74. The molecule has 1 N–H and O–H groups in total.